The average molecular weight is 372 g/mol. The van der Waals surface area contributed by atoms with Crippen molar-refractivity contribution in [2.75, 3.05) is 31.3 Å². The van der Waals surface area contributed by atoms with E-state index in [2.05, 4.69) is 4.99 Å². The topological polar surface area (TPSA) is 133 Å². The van der Waals surface area contributed by atoms with Gasteiger partial charge in [-0.2, -0.15) is 11.8 Å². The standard InChI is InChI=1S/C13H25N3O5S.ClH/c14-13(15)16-3-1-6-22-7-8-11-9(17)10(18)12(21-8)20-5-2-4-19-11;/h8-12,17-18H,1-7H2,(H4,14,15,16);1H. The summed E-state index contributed by atoms with van der Waals surface area (Å²) in [5.74, 6) is 1.62. The summed E-state index contributed by atoms with van der Waals surface area (Å²) in [6.45, 7) is 1.52. The number of aliphatic imine (C=N–C) groups is 1. The maximum atomic E-state index is 10.2. The molecule has 3 saturated heterocycles. The first-order valence-corrected chi connectivity index (χ1v) is 8.63. The van der Waals surface area contributed by atoms with Crippen LogP contribution in [0.4, 0.5) is 0 Å². The number of thioether (sulfide) groups is 1. The number of fused-ring (bicyclic) bond motifs is 6. The number of rotatable bonds is 6. The molecule has 0 aromatic heterocycles. The van der Waals surface area contributed by atoms with Crippen LogP contribution in [0.25, 0.3) is 0 Å². The molecule has 0 aliphatic carbocycles. The van der Waals surface area contributed by atoms with Crippen LogP contribution in [-0.4, -0.2) is 78.1 Å². The van der Waals surface area contributed by atoms with Gasteiger partial charge in [0.05, 0.1) is 12.7 Å². The number of ether oxygens (including phenoxy) is 3. The van der Waals surface area contributed by atoms with Gasteiger partial charge in [-0.15, -0.1) is 12.4 Å². The Bertz CT molecular complexity index is 374. The van der Waals surface area contributed by atoms with Gasteiger partial charge in [0.15, 0.2) is 12.2 Å². The van der Waals surface area contributed by atoms with Crippen LogP contribution in [0.3, 0.4) is 0 Å². The molecular formula is C13H26ClN3O5S. The highest BCUT2D eigenvalue weighted by atomic mass is 35.5. The second kappa shape index (κ2) is 10.5. The summed E-state index contributed by atoms with van der Waals surface area (Å²) in [5, 5.41) is 20.2. The Kier molecular flexibility index (Phi) is 9.52. The van der Waals surface area contributed by atoms with Crippen LogP contribution in [0.5, 0.6) is 0 Å². The number of aliphatic hydroxyl groups is 2. The lowest BCUT2D eigenvalue weighted by Crippen LogP contribution is -2.59. The van der Waals surface area contributed by atoms with Gasteiger partial charge >= 0.3 is 0 Å². The smallest absolute Gasteiger partial charge is 0.186 e. The molecule has 0 aromatic carbocycles. The Morgan fingerprint density at radius 1 is 1.17 bits per heavy atom. The molecule has 0 radical (unpaired) electrons. The Morgan fingerprint density at radius 3 is 2.65 bits per heavy atom. The van der Waals surface area contributed by atoms with E-state index in [1.165, 1.54) is 0 Å². The molecule has 3 aliphatic heterocycles. The van der Waals surface area contributed by atoms with E-state index >= 15 is 0 Å². The van der Waals surface area contributed by atoms with E-state index in [0.717, 1.165) is 12.2 Å². The Labute approximate surface area is 146 Å². The van der Waals surface area contributed by atoms with Gasteiger partial charge < -0.3 is 35.9 Å². The summed E-state index contributed by atoms with van der Waals surface area (Å²) in [6.07, 6.45) is -2.14. The highest BCUT2D eigenvalue weighted by molar-refractivity contribution is 7.99. The van der Waals surface area contributed by atoms with E-state index in [4.69, 9.17) is 25.7 Å². The van der Waals surface area contributed by atoms with Crippen LogP contribution in [0.2, 0.25) is 0 Å². The number of halogens is 1. The van der Waals surface area contributed by atoms with E-state index in [1.807, 2.05) is 0 Å². The molecular weight excluding hydrogens is 346 g/mol. The highest BCUT2D eigenvalue weighted by Gasteiger charge is 2.46. The first kappa shape index (κ1) is 20.8. The maximum Gasteiger partial charge on any atom is 0.186 e. The zero-order valence-electron chi connectivity index (χ0n) is 12.9. The van der Waals surface area contributed by atoms with E-state index in [-0.39, 0.29) is 24.5 Å². The molecule has 6 N–H and O–H groups in total. The van der Waals surface area contributed by atoms with Gasteiger partial charge in [0.25, 0.3) is 0 Å². The lowest BCUT2D eigenvalue weighted by molar-refractivity contribution is -0.289. The summed E-state index contributed by atoms with van der Waals surface area (Å²) in [6, 6.07) is 0. The quantitative estimate of drug-likeness (QED) is 0.267. The Balaban J connectivity index is 0.00000264. The molecule has 0 amide bonds. The van der Waals surface area contributed by atoms with Gasteiger partial charge in [-0.3, -0.25) is 4.99 Å². The maximum absolute atomic E-state index is 10.2. The summed E-state index contributed by atoms with van der Waals surface area (Å²) >= 11 is 1.67. The minimum Gasteiger partial charge on any atom is -0.387 e. The van der Waals surface area contributed by atoms with Crippen LogP contribution in [0.15, 0.2) is 4.99 Å². The molecule has 0 spiro atoms. The Hall–Kier alpha value is -0.290. The molecule has 8 nitrogen and oxygen atoms in total. The van der Waals surface area contributed by atoms with Crippen molar-refractivity contribution in [3.8, 4) is 0 Å². The average Bonchev–Trinajstić information content (AvgIpc) is 2.62. The van der Waals surface area contributed by atoms with Gasteiger partial charge in [0.1, 0.15) is 18.3 Å². The summed E-state index contributed by atoms with van der Waals surface area (Å²) in [4.78, 5) is 3.92. The van der Waals surface area contributed by atoms with E-state index in [9.17, 15) is 10.2 Å². The normalized spacial score (nSPS) is 33.9. The molecule has 3 fully saturated rings. The fourth-order valence-electron chi connectivity index (χ4n) is 2.44. The minimum absolute atomic E-state index is 0. The van der Waals surface area contributed by atoms with E-state index < -0.39 is 24.6 Å². The molecule has 3 rings (SSSR count). The largest absolute Gasteiger partial charge is 0.387 e. The fraction of sp³-hybridized carbons (Fsp3) is 0.923. The van der Waals surface area contributed by atoms with E-state index in [0.29, 0.717) is 31.9 Å². The molecule has 3 aliphatic rings. The van der Waals surface area contributed by atoms with Crippen LogP contribution >= 0.6 is 24.2 Å². The second-order valence-electron chi connectivity index (χ2n) is 5.32. The van der Waals surface area contributed by atoms with Crippen LogP contribution in [0.1, 0.15) is 12.8 Å². The first-order chi connectivity index (χ1) is 10.6. The minimum atomic E-state index is -1.08. The van der Waals surface area contributed by atoms with Crippen molar-refractivity contribution >= 4 is 30.1 Å². The van der Waals surface area contributed by atoms with E-state index in [1.54, 1.807) is 11.8 Å². The van der Waals surface area contributed by atoms with Crippen molar-refractivity contribution < 1.29 is 24.4 Å². The third-order valence-corrected chi connectivity index (χ3v) is 4.69. The molecule has 10 heteroatoms. The van der Waals surface area contributed by atoms with Crippen LogP contribution in [-0.2, 0) is 14.2 Å². The van der Waals surface area contributed by atoms with Gasteiger partial charge in [0.2, 0.25) is 0 Å². The summed E-state index contributed by atoms with van der Waals surface area (Å²) < 4.78 is 16.9. The number of nitrogens with two attached hydrogens (primary N) is 2. The number of nitrogens with zero attached hydrogens (tertiary/aromatic N) is 1. The van der Waals surface area contributed by atoms with Gasteiger partial charge in [-0.1, -0.05) is 0 Å². The SMILES string of the molecule is Cl.NC(N)=NCCCSCC1OC2OCCCOC1C(O)C2O. The van der Waals surface area contributed by atoms with Crippen LogP contribution < -0.4 is 11.5 Å². The second-order valence-corrected chi connectivity index (χ2v) is 6.47. The molecule has 136 valence electrons. The molecule has 5 atom stereocenters. The number of guanidine groups is 1. The first-order valence-electron chi connectivity index (χ1n) is 7.47. The highest BCUT2D eigenvalue weighted by Crippen LogP contribution is 2.28. The molecule has 3 heterocycles. The molecule has 23 heavy (non-hydrogen) atoms. The van der Waals surface area contributed by atoms with Crippen molar-refractivity contribution in [3.63, 3.8) is 0 Å². The molecule has 0 saturated carbocycles. The van der Waals surface area contributed by atoms with Gasteiger partial charge in [-0.05, 0) is 18.6 Å². The predicted octanol–water partition coefficient (Wildman–Crippen LogP) is -0.943. The Morgan fingerprint density at radius 2 is 1.91 bits per heavy atom. The summed E-state index contributed by atoms with van der Waals surface area (Å²) in [5.41, 5.74) is 10.5. The lowest BCUT2D eigenvalue weighted by atomic mass is 10.00. The van der Waals surface area contributed by atoms with Crippen molar-refractivity contribution in [3.05, 3.63) is 0 Å². The van der Waals surface area contributed by atoms with Gasteiger partial charge in [0, 0.05) is 18.9 Å². The van der Waals surface area contributed by atoms with Crippen molar-refractivity contribution in [2.45, 2.75) is 43.5 Å². The van der Waals surface area contributed by atoms with Crippen molar-refractivity contribution in [1.82, 2.24) is 0 Å². The monoisotopic (exact) mass is 371 g/mol. The molecule has 0 aromatic rings. The number of hydrogen-bond donors (Lipinski definition) is 4. The number of hydrogen-bond acceptors (Lipinski definition) is 7. The predicted molar refractivity (Wildman–Crippen MR) is 90.9 cm³/mol. The number of aliphatic hydroxyl groups excluding tert-OH is 2. The third-order valence-electron chi connectivity index (χ3n) is 3.55. The van der Waals surface area contributed by atoms with Gasteiger partial charge in [-0.25, -0.2) is 0 Å². The fourth-order valence-corrected chi connectivity index (χ4v) is 3.44. The zero-order valence-corrected chi connectivity index (χ0v) is 14.5. The van der Waals surface area contributed by atoms with Crippen molar-refractivity contribution in [2.24, 2.45) is 16.5 Å². The van der Waals surface area contributed by atoms with Crippen molar-refractivity contribution in [1.29, 1.82) is 0 Å². The zero-order chi connectivity index (χ0) is 15.9. The third kappa shape index (κ3) is 6.26. The molecule has 2 bridgehead atoms. The van der Waals surface area contributed by atoms with Crippen LogP contribution in [0, 0.1) is 0 Å². The molecule has 5 unspecified atom stereocenters. The lowest BCUT2D eigenvalue weighted by Gasteiger charge is -2.41. The summed E-state index contributed by atoms with van der Waals surface area (Å²) in [7, 11) is 0.